The summed E-state index contributed by atoms with van der Waals surface area (Å²) in [5, 5.41) is 23.1. The molecule has 2 aromatic carbocycles. The third kappa shape index (κ3) is 4.71. The minimum atomic E-state index is -4.92. The van der Waals surface area contributed by atoms with Gasteiger partial charge in [0.25, 0.3) is 0 Å². The molecule has 0 fully saturated rings. The van der Waals surface area contributed by atoms with E-state index in [1.807, 2.05) is 0 Å². The van der Waals surface area contributed by atoms with Crippen LogP contribution in [0.2, 0.25) is 5.02 Å². The minimum absolute atomic E-state index is 0.00889. The van der Waals surface area contributed by atoms with Gasteiger partial charge in [0.15, 0.2) is 11.9 Å². The van der Waals surface area contributed by atoms with E-state index in [0.717, 1.165) is 9.25 Å². The Morgan fingerprint density at radius 2 is 1.83 bits per heavy atom. The van der Waals surface area contributed by atoms with Gasteiger partial charge in [0.05, 0.1) is 18.7 Å². The fourth-order valence-corrected chi connectivity index (χ4v) is 2.90. The number of aromatic carboxylic acids is 1. The fraction of sp³-hybridized carbons (Fsp3) is 0.211. The van der Waals surface area contributed by atoms with Crippen LogP contribution in [0, 0.1) is 0 Å². The van der Waals surface area contributed by atoms with E-state index in [2.05, 4.69) is 5.10 Å². The van der Waals surface area contributed by atoms with Gasteiger partial charge in [-0.3, -0.25) is 4.57 Å². The molecule has 30 heavy (non-hydrogen) atoms. The monoisotopic (exact) mass is 441 g/mol. The number of hydrogen-bond donors (Lipinski definition) is 2. The topological polar surface area (TPSA) is 97.3 Å². The van der Waals surface area contributed by atoms with E-state index in [4.69, 9.17) is 16.7 Å². The summed E-state index contributed by atoms with van der Waals surface area (Å²) in [6, 6.07) is 11.7. The zero-order valence-electron chi connectivity index (χ0n) is 15.2. The molecule has 0 radical (unpaired) electrons. The summed E-state index contributed by atoms with van der Waals surface area (Å²) in [4.78, 5) is 23.9. The van der Waals surface area contributed by atoms with E-state index in [1.165, 1.54) is 42.5 Å². The van der Waals surface area contributed by atoms with E-state index in [-0.39, 0.29) is 17.9 Å². The molecule has 1 atom stereocenters. The van der Waals surface area contributed by atoms with Crippen molar-refractivity contribution in [3.05, 3.63) is 75.2 Å². The summed E-state index contributed by atoms with van der Waals surface area (Å²) in [5.41, 5.74) is -0.154. The quantitative estimate of drug-likeness (QED) is 0.613. The number of hydrogen-bond acceptors (Lipinski definition) is 4. The maximum atomic E-state index is 12.9. The molecule has 0 bridgehead atoms. The largest absolute Gasteiger partial charge is 0.478 e. The predicted octanol–water partition coefficient (Wildman–Crippen LogP) is 3.03. The Balaban J connectivity index is 2.05. The van der Waals surface area contributed by atoms with Crippen LogP contribution in [0.15, 0.2) is 53.3 Å². The van der Waals surface area contributed by atoms with Crippen LogP contribution in [0.5, 0.6) is 0 Å². The summed E-state index contributed by atoms with van der Waals surface area (Å²) in [7, 11) is 0. The van der Waals surface area contributed by atoms with Gasteiger partial charge in [0.1, 0.15) is 0 Å². The third-order valence-electron chi connectivity index (χ3n) is 4.26. The molecule has 0 amide bonds. The minimum Gasteiger partial charge on any atom is -0.478 e. The number of aromatic nitrogens is 3. The Bertz CT molecular complexity index is 1120. The molecule has 0 saturated carbocycles. The highest BCUT2D eigenvalue weighted by molar-refractivity contribution is 6.30. The standard InChI is InChI=1S/C19H15ClF3N3O4/c20-14-6-4-12(5-7-14)16-24-26(9-11-2-1-3-13(8-11)17(28)29)18(30)25(16)10-15(27)19(21,22)23/h1-8,15,27H,9-10H2,(H,28,29). The molecular weight excluding hydrogens is 427 g/mol. The van der Waals surface area contributed by atoms with Crippen molar-refractivity contribution >= 4 is 17.6 Å². The van der Waals surface area contributed by atoms with Crippen molar-refractivity contribution < 1.29 is 28.2 Å². The maximum absolute atomic E-state index is 12.9. The van der Waals surface area contributed by atoms with Crippen molar-refractivity contribution in [3.63, 3.8) is 0 Å². The van der Waals surface area contributed by atoms with Crippen molar-refractivity contribution in [1.29, 1.82) is 0 Å². The maximum Gasteiger partial charge on any atom is 0.416 e. The molecule has 0 spiro atoms. The molecule has 0 aliphatic rings. The number of carboxylic acids is 1. The van der Waals surface area contributed by atoms with Crippen LogP contribution in [0.4, 0.5) is 13.2 Å². The molecule has 0 aliphatic carbocycles. The number of carbonyl (C=O) groups is 1. The van der Waals surface area contributed by atoms with Gasteiger partial charge in [0, 0.05) is 10.6 Å². The third-order valence-corrected chi connectivity index (χ3v) is 4.52. The van der Waals surface area contributed by atoms with Crippen molar-refractivity contribution in [1.82, 2.24) is 14.3 Å². The molecule has 7 nitrogen and oxygen atoms in total. The van der Waals surface area contributed by atoms with E-state index in [1.54, 1.807) is 6.07 Å². The van der Waals surface area contributed by atoms with Gasteiger partial charge in [-0.1, -0.05) is 23.7 Å². The normalized spacial score (nSPS) is 12.7. The van der Waals surface area contributed by atoms with Crippen LogP contribution in [0.3, 0.4) is 0 Å². The number of halogens is 4. The SMILES string of the molecule is O=C(O)c1cccc(Cn2nc(-c3ccc(Cl)cc3)n(CC(O)C(F)(F)F)c2=O)c1. The lowest BCUT2D eigenvalue weighted by Gasteiger charge is -2.15. The average Bonchev–Trinajstić information content (AvgIpc) is 2.97. The van der Waals surface area contributed by atoms with Crippen LogP contribution >= 0.6 is 11.6 Å². The number of carboxylic acid groups (broad SMARTS) is 1. The molecule has 11 heteroatoms. The first kappa shape index (κ1) is 21.6. The number of aliphatic hydroxyl groups is 1. The molecule has 0 aliphatic heterocycles. The summed E-state index contributed by atoms with van der Waals surface area (Å²) >= 11 is 5.84. The fourth-order valence-electron chi connectivity index (χ4n) is 2.77. The molecule has 1 aromatic heterocycles. The summed E-state index contributed by atoms with van der Waals surface area (Å²) < 4.78 is 40.2. The van der Waals surface area contributed by atoms with Crippen molar-refractivity contribution in [2.24, 2.45) is 0 Å². The summed E-state index contributed by atoms with van der Waals surface area (Å²) in [6.07, 6.45) is -7.69. The highest BCUT2D eigenvalue weighted by atomic mass is 35.5. The van der Waals surface area contributed by atoms with Gasteiger partial charge in [-0.05, 0) is 42.0 Å². The average molecular weight is 442 g/mol. The Morgan fingerprint density at radius 1 is 1.17 bits per heavy atom. The second-order valence-corrected chi connectivity index (χ2v) is 6.88. The lowest BCUT2D eigenvalue weighted by molar-refractivity contribution is -0.207. The molecule has 1 unspecified atom stereocenters. The van der Waals surface area contributed by atoms with Crippen LogP contribution in [-0.4, -0.2) is 42.8 Å². The molecule has 0 saturated heterocycles. The lowest BCUT2D eigenvalue weighted by atomic mass is 10.1. The Morgan fingerprint density at radius 3 is 2.43 bits per heavy atom. The number of alkyl halides is 3. The Kier molecular flexibility index (Phi) is 5.99. The zero-order valence-corrected chi connectivity index (χ0v) is 15.9. The van der Waals surface area contributed by atoms with Crippen LogP contribution in [0.25, 0.3) is 11.4 Å². The number of benzene rings is 2. The van der Waals surface area contributed by atoms with Gasteiger partial charge in [-0.2, -0.15) is 13.2 Å². The summed E-state index contributed by atoms with van der Waals surface area (Å²) in [6.45, 7) is -1.22. The Labute approximate surface area is 172 Å². The molecule has 158 valence electrons. The first-order valence-corrected chi connectivity index (χ1v) is 8.94. The second-order valence-electron chi connectivity index (χ2n) is 6.44. The molecule has 3 aromatic rings. The molecule has 1 heterocycles. The molecule has 3 rings (SSSR count). The van der Waals surface area contributed by atoms with Crippen LogP contribution in [-0.2, 0) is 13.1 Å². The number of aliphatic hydroxyl groups excluding tert-OH is 1. The smallest absolute Gasteiger partial charge is 0.416 e. The number of nitrogens with zero attached hydrogens (tertiary/aromatic N) is 3. The Hall–Kier alpha value is -3.11. The second kappa shape index (κ2) is 8.33. The predicted molar refractivity (Wildman–Crippen MR) is 101 cm³/mol. The van der Waals surface area contributed by atoms with E-state index < -0.39 is 30.5 Å². The lowest BCUT2D eigenvalue weighted by Crippen LogP contribution is -2.37. The van der Waals surface area contributed by atoms with Crippen LogP contribution in [0.1, 0.15) is 15.9 Å². The van der Waals surface area contributed by atoms with Gasteiger partial charge in [-0.15, -0.1) is 5.10 Å². The van der Waals surface area contributed by atoms with Crippen molar-refractivity contribution in [2.45, 2.75) is 25.4 Å². The van der Waals surface area contributed by atoms with E-state index >= 15 is 0 Å². The highest BCUT2D eigenvalue weighted by Crippen LogP contribution is 2.24. The first-order valence-electron chi connectivity index (χ1n) is 8.57. The van der Waals surface area contributed by atoms with Gasteiger partial charge in [0.2, 0.25) is 0 Å². The number of rotatable bonds is 6. The van der Waals surface area contributed by atoms with Crippen molar-refractivity contribution in [3.8, 4) is 11.4 Å². The van der Waals surface area contributed by atoms with Crippen molar-refractivity contribution in [2.75, 3.05) is 0 Å². The highest BCUT2D eigenvalue weighted by Gasteiger charge is 2.39. The zero-order chi connectivity index (χ0) is 22.1. The molecular formula is C19H15ClF3N3O4. The van der Waals surface area contributed by atoms with Crippen LogP contribution < -0.4 is 5.69 Å². The molecule has 2 N–H and O–H groups in total. The summed E-state index contributed by atoms with van der Waals surface area (Å²) in [5.74, 6) is -1.25. The van der Waals surface area contributed by atoms with Gasteiger partial charge in [-0.25, -0.2) is 14.3 Å². The van der Waals surface area contributed by atoms with Gasteiger partial charge < -0.3 is 10.2 Å². The van der Waals surface area contributed by atoms with E-state index in [9.17, 15) is 27.9 Å². The first-order chi connectivity index (χ1) is 14.1. The van der Waals surface area contributed by atoms with E-state index in [0.29, 0.717) is 16.1 Å². The van der Waals surface area contributed by atoms with Gasteiger partial charge >= 0.3 is 17.8 Å².